The Morgan fingerprint density at radius 3 is 2.75 bits per heavy atom. The van der Waals surface area contributed by atoms with Gasteiger partial charge in [0.05, 0.1) is 19.4 Å². The van der Waals surface area contributed by atoms with Crippen LogP contribution >= 0.6 is 11.3 Å². The summed E-state index contributed by atoms with van der Waals surface area (Å²) in [7, 11) is 1.63. The van der Waals surface area contributed by atoms with E-state index in [-0.39, 0.29) is 11.9 Å². The molecule has 1 N–H and O–H groups in total. The van der Waals surface area contributed by atoms with Crippen molar-refractivity contribution in [2.75, 3.05) is 19.0 Å². The van der Waals surface area contributed by atoms with Gasteiger partial charge in [-0.3, -0.25) is 5.32 Å². The molecule has 0 aliphatic heterocycles. The Balaban J connectivity index is 1.79. The molecule has 0 atom stereocenters. The highest BCUT2D eigenvalue weighted by Crippen LogP contribution is 2.27. The summed E-state index contributed by atoms with van der Waals surface area (Å²) < 4.78 is 11.9. The van der Waals surface area contributed by atoms with Crippen LogP contribution in [0.2, 0.25) is 0 Å². The molecule has 8 heteroatoms. The number of hydrogen-bond donors (Lipinski definition) is 1. The summed E-state index contributed by atoms with van der Waals surface area (Å²) >= 11 is 1.45. The zero-order chi connectivity index (χ0) is 17.1. The van der Waals surface area contributed by atoms with Gasteiger partial charge in [-0.15, -0.1) is 16.4 Å². The van der Waals surface area contributed by atoms with Crippen molar-refractivity contribution in [2.24, 2.45) is 5.92 Å². The van der Waals surface area contributed by atoms with Gasteiger partial charge < -0.3 is 9.47 Å². The Hall–Kier alpha value is -2.61. The zero-order valence-corrected chi connectivity index (χ0v) is 14.5. The van der Waals surface area contributed by atoms with Gasteiger partial charge >= 0.3 is 6.09 Å². The van der Waals surface area contributed by atoms with E-state index in [0.29, 0.717) is 11.6 Å². The van der Waals surface area contributed by atoms with Gasteiger partial charge in [-0.25, -0.2) is 9.31 Å². The number of thiazole rings is 1. The molecule has 126 valence electrons. The van der Waals surface area contributed by atoms with Crippen molar-refractivity contribution in [3.63, 3.8) is 0 Å². The summed E-state index contributed by atoms with van der Waals surface area (Å²) in [6.45, 7) is 4.30. The molecular weight excluding hydrogens is 328 g/mol. The summed E-state index contributed by atoms with van der Waals surface area (Å²) in [5, 5.41) is 8.85. The van der Waals surface area contributed by atoms with Gasteiger partial charge in [0, 0.05) is 10.9 Å². The number of amides is 1. The second-order valence-electron chi connectivity index (χ2n) is 5.60. The van der Waals surface area contributed by atoms with Gasteiger partial charge in [-0.05, 0) is 30.2 Å². The molecule has 0 aliphatic rings. The maximum Gasteiger partial charge on any atom is 0.414 e. The quantitative estimate of drug-likeness (QED) is 0.762. The standard InChI is InChI=1S/C16H18N4O3S/c1-10(2)8-23-16(21)18-14-17-15-20(19-14)13(9-24-15)11-4-6-12(22-3)7-5-11/h4-7,9-10H,8H2,1-3H3,(H,18,19,21). The van der Waals surface area contributed by atoms with Crippen LogP contribution in [0, 0.1) is 5.92 Å². The maximum absolute atomic E-state index is 11.7. The van der Waals surface area contributed by atoms with Gasteiger partial charge in [0.25, 0.3) is 5.95 Å². The van der Waals surface area contributed by atoms with Crippen LogP contribution in [0.15, 0.2) is 29.6 Å². The number of methoxy groups -OCH3 is 1. The van der Waals surface area contributed by atoms with Crippen molar-refractivity contribution in [1.82, 2.24) is 14.6 Å². The minimum atomic E-state index is -0.548. The highest BCUT2D eigenvalue weighted by atomic mass is 32.1. The molecule has 7 nitrogen and oxygen atoms in total. The molecule has 2 heterocycles. The summed E-state index contributed by atoms with van der Waals surface area (Å²) in [4.78, 5) is 16.7. The summed E-state index contributed by atoms with van der Waals surface area (Å²) in [6, 6.07) is 7.68. The maximum atomic E-state index is 11.7. The topological polar surface area (TPSA) is 77.8 Å². The van der Waals surface area contributed by atoms with Crippen molar-refractivity contribution in [1.29, 1.82) is 0 Å². The van der Waals surface area contributed by atoms with Crippen LogP contribution < -0.4 is 10.1 Å². The third kappa shape index (κ3) is 3.48. The lowest BCUT2D eigenvalue weighted by Crippen LogP contribution is -2.17. The van der Waals surface area contributed by atoms with Gasteiger partial charge in [0.1, 0.15) is 5.75 Å². The fourth-order valence-corrected chi connectivity index (χ4v) is 2.90. The number of carbonyl (C=O) groups excluding carboxylic acids is 1. The van der Waals surface area contributed by atoms with E-state index in [1.165, 1.54) is 11.3 Å². The molecule has 0 bridgehead atoms. The molecule has 0 fully saturated rings. The molecule has 0 saturated carbocycles. The smallest absolute Gasteiger partial charge is 0.414 e. The lowest BCUT2D eigenvalue weighted by molar-refractivity contribution is 0.147. The molecule has 2 aromatic heterocycles. The summed E-state index contributed by atoms with van der Waals surface area (Å²) in [5.41, 5.74) is 1.88. The minimum Gasteiger partial charge on any atom is -0.497 e. The van der Waals surface area contributed by atoms with Crippen molar-refractivity contribution in [3.05, 3.63) is 29.6 Å². The second kappa shape index (κ2) is 6.88. The fraction of sp³-hybridized carbons (Fsp3) is 0.312. The highest BCUT2D eigenvalue weighted by molar-refractivity contribution is 7.15. The van der Waals surface area contributed by atoms with E-state index in [0.717, 1.165) is 17.0 Å². The first-order valence-corrected chi connectivity index (χ1v) is 8.37. The Labute approximate surface area is 143 Å². The average molecular weight is 346 g/mol. The molecule has 3 rings (SSSR count). The van der Waals surface area contributed by atoms with Gasteiger partial charge in [0.2, 0.25) is 4.96 Å². The molecule has 1 amide bonds. The lowest BCUT2D eigenvalue weighted by Gasteiger charge is -2.06. The first-order valence-electron chi connectivity index (χ1n) is 7.49. The SMILES string of the molecule is COc1ccc(-c2csc3nc(NC(=O)OCC(C)C)nn23)cc1. The normalized spacial score (nSPS) is 11.0. The van der Waals surface area contributed by atoms with E-state index in [9.17, 15) is 4.79 Å². The van der Waals surface area contributed by atoms with E-state index < -0.39 is 6.09 Å². The predicted octanol–water partition coefficient (Wildman–Crippen LogP) is 3.67. The van der Waals surface area contributed by atoms with Gasteiger partial charge in [0.15, 0.2) is 0 Å². The molecule has 0 unspecified atom stereocenters. The minimum absolute atomic E-state index is 0.227. The largest absolute Gasteiger partial charge is 0.497 e. The molecule has 24 heavy (non-hydrogen) atoms. The summed E-state index contributed by atoms with van der Waals surface area (Å²) in [6.07, 6.45) is -0.548. The number of ether oxygens (including phenoxy) is 2. The number of fused-ring (bicyclic) bond motifs is 1. The van der Waals surface area contributed by atoms with Gasteiger partial charge in [-0.1, -0.05) is 13.8 Å². The lowest BCUT2D eigenvalue weighted by atomic mass is 10.2. The Morgan fingerprint density at radius 2 is 2.08 bits per heavy atom. The number of aromatic nitrogens is 3. The highest BCUT2D eigenvalue weighted by Gasteiger charge is 2.14. The van der Waals surface area contributed by atoms with Crippen LogP contribution in [0.3, 0.4) is 0 Å². The predicted molar refractivity (Wildman–Crippen MR) is 92.7 cm³/mol. The molecular formula is C16H18N4O3S. The third-order valence-corrected chi connectivity index (χ3v) is 4.05. The number of nitrogens with zero attached hydrogens (tertiary/aromatic N) is 3. The van der Waals surface area contributed by atoms with E-state index in [4.69, 9.17) is 9.47 Å². The Kier molecular flexibility index (Phi) is 4.66. The molecule has 0 spiro atoms. The van der Waals surface area contributed by atoms with Crippen LogP contribution in [0.25, 0.3) is 16.2 Å². The van der Waals surface area contributed by atoms with Crippen molar-refractivity contribution in [3.8, 4) is 17.0 Å². The average Bonchev–Trinajstić information content (AvgIpc) is 3.13. The van der Waals surface area contributed by atoms with Gasteiger partial charge in [-0.2, -0.15) is 4.98 Å². The first-order chi connectivity index (χ1) is 11.6. The number of nitrogens with one attached hydrogen (secondary N) is 1. The second-order valence-corrected chi connectivity index (χ2v) is 6.43. The fourth-order valence-electron chi connectivity index (χ4n) is 2.06. The van der Waals surface area contributed by atoms with E-state index in [1.54, 1.807) is 11.6 Å². The van der Waals surface area contributed by atoms with Crippen molar-refractivity contribution in [2.45, 2.75) is 13.8 Å². The van der Waals surface area contributed by atoms with Crippen molar-refractivity contribution >= 4 is 28.3 Å². The monoisotopic (exact) mass is 346 g/mol. The number of hydrogen-bond acceptors (Lipinski definition) is 6. The van der Waals surface area contributed by atoms with E-state index in [2.05, 4.69) is 15.4 Å². The van der Waals surface area contributed by atoms with Crippen LogP contribution in [0.4, 0.5) is 10.7 Å². The van der Waals surface area contributed by atoms with Crippen LogP contribution in [-0.4, -0.2) is 34.4 Å². The van der Waals surface area contributed by atoms with Crippen molar-refractivity contribution < 1.29 is 14.3 Å². The Bertz CT molecular complexity index is 839. The summed E-state index contributed by atoms with van der Waals surface area (Å²) in [5.74, 6) is 1.29. The van der Waals surface area contributed by atoms with E-state index in [1.807, 2.05) is 43.5 Å². The zero-order valence-electron chi connectivity index (χ0n) is 13.6. The first kappa shape index (κ1) is 16.3. The van der Waals surface area contributed by atoms with Crippen LogP contribution in [-0.2, 0) is 4.74 Å². The number of carbonyl (C=O) groups is 1. The van der Waals surface area contributed by atoms with Crippen LogP contribution in [0.5, 0.6) is 5.75 Å². The third-order valence-electron chi connectivity index (χ3n) is 3.23. The molecule has 0 radical (unpaired) electrons. The molecule has 1 aromatic carbocycles. The van der Waals surface area contributed by atoms with E-state index >= 15 is 0 Å². The molecule has 3 aromatic rings. The number of benzene rings is 1. The molecule has 0 aliphatic carbocycles. The van der Waals surface area contributed by atoms with Crippen LogP contribution in [0.1, 0.15) is 13.8 Å². The number of anilines is 1. The number of rotatable bonds is 5. The Morgan fingerprint density at radius 1 is 1.33 bits per heavy atom. The molecule has 0 saturated heterocycles.